The molecule has 1 unspecified atom stereocenters. The summed E-state index contributed by atoms with van der Waals surface area (Å²) in [6.45, 7) is 2.25. The minimum Gasteiger partial charge on any atom is -0.503 e. The van der Waals surface area contributed by atoms with Crippen LogP contribution in [0.3, 0.4) is 0 Å². The first kappa shape index (κ1) is 23.3. The molecule has 30 heavy (non-hydrogen) atoms. The number of nitrogens with zero attached hydrogens (tertiary/aromatic N) is 1. The monoisotopic (exact) mass is 430 g/mol. The van der Waals surface area contributed by atoms with Gasteiger partial charge in [-0.15, -0.1) is 0 Å². The standard InChI is InChI=1S/C23H27ClN2O4/c1-16(17-9-11-19(24)12-10-17)13-22(26(2)25)30-14-18-7-5-6-8-20(18)21(15-28-3)23(27)29-4/h5-13,15-16H,14,25H2,1-4H3/b21-15+,22-13+. The van der Waals surface area contributed by atoms with E-state index in [4.69, 9.17) is 31.7 Å². The molecule has 0 spiro atoms. The summed E-state index contributed by atoms with van der Waals surface area (Å²) in [5.74, 6) is 6.04. The third-order valence-electron chi connectivity index (χ3n) is 4.46. The van der Waals surface area contributed by atoms with Gasteiger partial charge in [-0.3, -0.25) is 5.01 Å². The number of benzene rings is 2. The summed E-state index contributed by atoms with van der Waals surface area (Å²) in [6.07, 6.45) is 3.29. The number of carbonyl (C=O) groups excluding carboxylic acids is 1. The number of carbonyl (C=O) groups is 1. The van der Waals surface area contributed by atoms with E-state index in [1.807, 2.05) is 61.5 Å². The van der Waals surface area contributed by atoms with Crippen molar-refractivity contribution < 1.29 is 19.0 Å². The maximum absolute atomic E-state index is 12.2. The molecule has 6 nitrogen and oxygen atoms in total. The maximum atomic E-state index is 12.2. The highest BCUT2D eigenvalue weighted by atomic mass is 35.5. The van der Waals surface area contributed by atoms with E-state index in [-0.39, 0.29) is 12.5 Å². The van der Waals surface area contributed by atoms with Crippen molar-refractivity contribution in [1.29, 1.82) is 0 Å². The Balaban J connectivity index is 2.26. The van der Waals surface area contributed by atoms with E-state index >= 15 is 0 Å². The van der Waals surface area contributed by atoms with Gasteiger partial charge in [0.15, 0.2) is 5.88 Å². The smallest absolute Gasteiger partial charge is 0.341 e. The number of esters is 1. The van der Waals surface area contributed by atoms with Gasteiger partial charge < -0.3 is 14.2 Å². The molecular weight excluding hydrogens is 404 g/mol. The van der Waals surface area contributed by atoms with Crippen molar-refractivity contribution in [3.8, 4) is 0 Å². The summed E-state index contributed by atoms with van der Waals surface area (Å²) >= 11 is 5.97. The Morgan fingerprint density at radius 3 is 2.43 bits per heavy atom. The van der Waals surface area contributed by atoms with Gasteiger partial charge in [-0.05, 0) is 34.9 Å². The molecule has 0 heterocycles. The largest absolute Gasteiger partial charge is 0.503 e. The van der Waals surface area contributed by atoms with E-state index < -0.39 is 5.97 Å². The number of hydrogen-bond donors (Lipinski definition) is 1. The van der Waals surface area contributed by atoms with Crippen molar-refractivity contribution in [3.63, 3.8) is 0 Å². The van der Waals surface area contributed by atoms with E-state index in [2.05, 4.69) is 0 Å². The fourth-order valence-corrected chi connectivity index (χ4v) is 2.98. The van der Waals surface area contributed by atoms with Gasteiger partial charge in [0, 0.05) is 18.0 Å². The third-order valence-corrected chi connectivity index (χ3v) is 4.71. The summed E-state index contributed by atoms with van der Waals surface area (Å²) in [4.78, 5) is 12.2. The average Bonchev–Trinajstić information content (AvgIpc) is 2.74. The molecule has 160 valence electrons. The highest BCUT2D eigenvalue weighted by Crippen LogP contribution is 2.24. The Morgan fingerprint density at radius 2 is 1.83 bits per heavy atom. The zero-order valence-electron chi connectivity index (χ0n) is 17.6. The van der Waals surface area contributed by atoms with Gasteiger partial charge in [0.2, 0.25) is 0 Å². The number of rotatable bonds is 9. The van der Waals surface area contributed by atoms with Crippen LogP contribution in [0.2, 0.25) is 5.02 Å². The molecule has 0 aliphatic carbocycles. The molecule has 2 rings (SSSR count). The summed E-state index contributed by atoms with van der Waals surface area (Å²) in [6, 6.07) is 15.0. The Labute approximate surface area is 182 Å². The summed E-state index contributed by atoms with van der Waals surface area (Å²) < 4.78 is 15.9. The Morgan fingerprint density at radius 1 is 1.17 bits per heavy atom. The predicted molar refractivity (Wildman–Crippen MR) is 118 cm³/mol. The lowest BCUT2D eigenvalue weighted by molar-refractivity contribution is -0.133. The van der Waals surface area contributed by atoms with E-state index in [1.165, 1.54) is 25.5 Å². The van der Waals surface area contributed by atoms with Crippen molar-refractivity contribution in [2.75, 3.05) is 21.3 Å². The fourth-order valence-electron chi connectivity index (χ4n) is 2.85. The predicted octanol–water partition coefficient (Wildman–Crippen LogP) is 4.47. The maximum Gasteiger partial charge on any atom is 0.341 e. The van der Waals surface area contributed by atoms with Crippen LogP contribution in [0.15, 0.2) is 66.8 Å². The molecule has 2 aromatic carbocycles. The van der Waals surface area contributed by atoms with E-state index in [1.54, 1.807) is 7.05 Å². The Hall–Kier alpha value is -2.96. The van der Waals surface area contributed by atoms with Crippen LogP contribution in [0.1, 0.15) is 29.5 Å². The second-order valence-corrected chi connectivity index (χ2v) is 7.10. The van der Waals surface area contributed by atoms with Gasteiger partial charge in [0.1, 0.15) is 12.2 Å². The number of nitrogens with two attached hydrogens (primary N) is 1. The molecule has 0 bridgehead atoms. The van der Waals surface area contributed by atoms with Crippen LogP contribution in [0.5, 0.6) is 0 Å². The van der Waals surface area contributed by atoms with Gasteiger partial charge in [-0.25, -0.2) is 10.6 Å². The van der Waals surface area contributed by atoms with Gasteiger partial charge in [0.25, 0.3) is 0 Å². The Kier molecular flexibility index (Phi) is 8.77. The SMILES string of the molecule is CO/C=C(/C(=O)OC)c1ccccc1CO/C(=C/C(C)c1ccc(Cl)cc1)N(C)N. The molecule has 0 saturated carbocycles. The molecule has 2 aromatic rings. The van der Waals surface area contributed by atoms with Crippen LogP contribution in [0.4, 0.5) is 0 Å². The van der Waals surface area contributed by atoms with Crippen molar-refractivity contribution >= 4 is 23.1 Å². The topological polar surface area (TPSA) is 74.0 Å². The molecule has 0 amide bonds. The first-order valence-corrected chi connectivity index (χ1v) is 9.73. The Bertz CT molecular complexity index is 908. The number of allylic oxidation sites excluding steroid dienone is 1. The molecule has 0 aliphatic rings. The zero-order chi connectivity index (χ0) is 22.1. The van der Waals surface area contributed by atoms with Gasteiger partial charge in [-0.1, -0.05) is 54.9 Å². The van der Waals surface area contributed by atoms with Crippen LogP contribution >= 0.6 is 11.6 Å². The van der Waals surface area contributed by atoms with E-state index in [0.29, 0.717) is 22.0 Å². The average molecular weight is 431 g/mol. The van der Waals surface area contributed by atoms with Crippen LogP contribution in [-0.4, -0.2) is 32.2 Å². The van der Waals surface area contributed by atoms with E-state index in [0.717, 1.165) is 11.1 Å². The molecule has 0 aromatic heterocycles. The van der Waals surface area contributed by atoms with Crippen LogP contribution in [0, 0.1) is 0 Å². The van der Waals surface area contributed by atoms with Crippen molar-refractivity contribution in [3.05, 3.63) is 88.5 Å². The zero-order valence-corrected chi connectivity index (χ0v) is 18.3. The molecule has 0 fully saturated rings. The summed E-state index contributed by atoms with van der Waals surface area (Å²) in [5.41, 5.74) is 2.84. The minimum absolute atomic E-state index is 0.0533. The van der Waals surface area contributed by atoms with Crippen molar-refractivity contribution in [1.82, 2.24) is 5.01 Å². The quantitative estimate of drug-likeness (QED) is 0.208. The molecule has 0 saturated heterocycles. The lowest BCUT2D eigenvalue weighted by Crippen LogP contribution is -2.27. The normalized spacial score (nSPS) is 12.9. The molecule has 0 radical (unpaired) electrons. The molecule has 0 aliphatic heterocycles. The van der Waals surface area contributed by atoms with Gasteiger partial charge in [0.05, 0.1) is 20.5 Å². The molecule has 2 N–H and O–H groups in total. The van der Waals surface area contributed by atoms with Crippen LogP contribution < -0.4 is 5.84 Å². The number of ether oxygens (including phenoxy) is 3. The first-order chi connectivity index (χ1) is 14.4. The van der Waals surface area contributed by atoms with Gasteiger partial charge in [-0.2, -0.15) is 0 Å². The molecule has 1 atom stereocenters. The van der Waals surface area contributed by atoms with E-state index in [9.17, 15) is 4.79 Å². The number of hydrazine groups is 1. The second-order valence-electron chi connectivity index (χ2n) is 6.66. The van der Waals surface area contributed by atoms with Crippen molar-refractivity contribution in [2.45, 2.75) is 19.4 Å². The first-order valence-electron chi connectivity index (χ1n) is 9.35. The lowest BCUT2D eigenvalue weighted by atomic mass is 10.0. The third kappa shape index (κ3) is 6.27. The van der Waals surface area contributed by atoms with Crippen LogP contribution in [0.25, 0.3) is 5.57 Å². The van der Waals surface area contributed by atoms with Gasteiger partial charge >= 0.3 is 5.97 Å². The molecule has 7 heteroatoms. The second kappa shape index (κ2) is 11.3. The lowest BCUT2D eigenvalue weighted by Gasteiger charge is -2.20. The van der Waals surface area contributed by atoms with Crippen molar-refractivity contribution in [2.24, 2.45) is 5.84 Å². The number of methoxy groups -OCH3 is 2. The number of hydrogen-bond acceptors (Lipinski definition) is 6. The number of halogens is 1. The fraction of sp³-hybridized carbons (Fsp3) is 0.261. The highest BCUT2D eigenvalue weighted by molar-refractivity contribution is 6.30. The van der Waals surface area contributed by atoms with Crippen LogP contribution in [-0.2, 0) is 25.6 Å². The summed E-state index contributed by atoms with van der Waals surface area (Å²) in [5, 5.41) is 2.10. The minimum atomic E-state index is -0.493. The molecular formula is C23H27ClN2O4. The highest BCUT2D eigenvalue weighted by Gasteiger charge is 2.17. The summed E-state index contributed by atoms with van der Waals surface area (Å²) in [7, 11) is 4.51.